The van der Waals surface area contributed by atoms with Crippen LogP contribution in [-0.2, 0) is 4.74 Å². The van der Waals surface area contributed by atoms with Crippen LogP contribution in [0.2, 0.25) is 0 Å². The first-order chi connectivity index (χ1) is 13.9. The lowest BCUT2D eigenvalue weighted by atomic mass is 9.95. The lowest BCUT2D eigenvalue weighted by Gasteiger charge is -2.22. The number of aryl methyl sites for hydroxylation is 1. The molecule has 2 aromatic heterocycles. The molecular formula is C22H23BrN4O2. The average Bonchev–Trinajstić information content (AvgIpc) is 3.29. The molecular weight excluding hydrogens is 432 g/mol. The van der Waals surface area contributed by atoms with E-state index in [0.29, 0.717) is 11.5 Å². The molecule has 2 heterocycles. The van der Waals surface area contributed by atoms with Gasteiger partial charge in [-0.1, -0.05) is 29.8 Å². The van der Waals surface area contributed by atoms with Crippen LogP contribution in [0.15, 0.2) is 41.0 Å². The molecule has 0 aliphatic rings. The third kappa shape index (κ3) is 3.55. The van der Waals surface area contributed by atoms with Gasteiger partial charge in [-0.2, -0.15) is 10.2 Å². The van der Waals surface area contributed by atoms with Crippen molar-refractivity contribution in [3.8, 4) is 0 Å². The van der Waals surface area contributed by atoms with Gasteiger partial charge in [0.2, 0.25) is 0 Å². The molecule has 1 N–H and O–H groups in total. The van der Waals surface area contributed by atoms with E-state index in [1.54, 1.807) is 6.07 Å². The van der Waals surface area contributed by atoms with Gasteiger partial charge in [-0.3, -0.25) is 9.78 Å². The zero-order chi connectivity index (χ0) is 20.7. The number of H-pyrrole nitrogens is 1. The molecule has 2 aromatic carbocycles. The lowest BCUT2D eigenvalue weighted by molar-refractivity contribution is 0.0601. The van der Waals surface area contributed by atoms with Gasteiger partial charge in [-0.25, -0.2) is 4.79 Å². The molecule has 0 aliphatic heterocycles. The Balaban J connectivity index is 1.93. The maximum absolute atomic E-state index is 12.0. The van der Waals surface area contributed by atoms with Crippen LogP contribution in [0.5, 0.6) is 0 Å². The number of aromatic amines is 1. The van der Waals surface area contributed by atoms with Crippen molar-refractivity contribution in [1.29, 1.82) is 0 Å². The summed E-state index contributed by atoms with van der Waals surface area (Å²) in [5.74, 6) is 0.120. The highest BCUT2D eigenvalue weighted by molar-refractivity contribution is 9.10. The fourth-order valence-electron chi connectivity index (χ4n) is 3.89. The summed E-state index contributed by atoms with van der Waals surface area (Å²) in [5.41, 5.74) is 4.57. The van der Waals surface area contributed by atoms with Crippen molar-refractivity contribution >= 4 is 43.7 Å². The third-order valence-electron chi connectivity index (χ3n) is 5.20. The molecule has 0 saturated carbocycles. The number of aromatic nitrogens is 4. The van der Waals surface area contributed by atoms with E-state index in [0.717, 1.165) is 44.0 Å². The maximum atomic E-state index is 12.0. The number of halogens is 1. The number of esters is 1. The molecule has 7 heteroatoms. The Morgan fingerprint density at radius 1 is 1.28 bits per heavy atom. The molecule has 0 amide bonds. The zero-order valence-corrected chi connectivity index (χ0v) is 18.4. The molecule has 0 spiro atoms. The number of ether oxygens (including phenoxy) is 1. The second kappa shape index (κ2) is 7.63. The third-order valence-corrected chi connectivity index (χ3v) is 5.66. The number of nitrogens with one attached hydrogen (secondary N) is 1. The van der Waals surface area contributed by atoms with Crippen molar-refractivity contribution in [2.45, 2.75) is 33.2 Å². The first-order valence-corrected chi connectivity index (χ1v) is 10.4. The zero-order valence-electron chi connectivity index (χ0n) is 16.9. The van der Waals surface area contributed by atoms with Crippen molar-refractivity contribution in [2.24, 2.45) is 5.92 Å². The van der Waals surface area contributed by atoms with Crippen LogP contribution in [0.3, 0.4) is 0 Å². The summed E-state index contributed by atoms with van der Waals surface area (Å²) < 4.78 is 7.96. The first kappa shape index (κ1) is 19.6. The minimum absolute atomic E-state index is 0.0237. The summed E-state index contributed by atoms with van der Waals surface area (Å²) in [5, 5.41) is 14.3. The Morgan fingerprint density at radius 3 is 2.79 bits per heavy atom. The molecule has 0 aliphatic carbocycles. The van der Waals surface area contributed by atoms with Crippen LogP contribution in [0.25, 0.3) is 21.8 Å². The van der Waals surface area contributed by atoms with Gasteiger partial charge >= 0.3 is 5.97 Å². The van der Waals surface area contributed by atoms with Crippen LogP contribution in [0.4, 0.5) is 0 Å². The molecule has 0 saturated heterocycles. The Hall–Kier alpha value is -2.67. The number of hydrogen-bond donors (Lipinski definition) is 1. The predicted octanol–water partition coefficient (Wildman–Crippen LogP) is 5.41. The predicted molar refractivity (Wildman–Crippen MR) is 117 cm³/mol. The number of methoxy groups -OCH3 is 1. The summed E-state index contributed by atoms with van der Waals surface area (Å²) in [4.78, 5) is 12.0. The lowest BCUT2D eigenvalue weighted by Crippen LogP contribution is -2.15. The van der Waals surface area contributed by atoms with Gasteiger partial charge in [0.25, 0.3) is 0 Å². The Labute approximate surface area is 177 Å². The van der Waals surface area contributed by atoms with E-state index in [9.17, 15) is 4.79 Å². The Kier molecular flexibility index (Phi) is 5.17. The summed E-state index contributed by atoms with van der Waals surface area (Å²) in [6.07, 6.45) is 2.75. The molecule has 6 nitrogen and oxygen atoms in total. The first-order valence-electron chi connectivity index (χ1n) is 9.58. The summed E-state index contributed by atoms with van der Waals surface area (Å²) in [6.45, 7) is 6.39. The number of fused-ring (bicyclic) bond motifs is 2. The van der Waals surface area contributed by atoms with Crippen molar-refractivity contribution in [3.63, 3.8) is 0 Å². The van der Waals surface area contributed by atoms with Gasteiger partial charge in [-0.05, 0) is 49.6 Å². The van der Waals surface area contributed by atoms with E-state index in [1.165, 1.54) is 7.11 Å². The fraction of sp³-hybridized carbons (Fsp3) is 0.318. The second-order valence-electron chi connectivity index (χ2n) is 7.73. The Morgan fingerprint density at radius 2 is 2.07 bits per heavy atom. The standard InChI is InChI=1S/C22H23BrN4O2/c1-12(2)7-20(18-10-16(23)8-15-11-24-25-21(15)18)27-19-6-5-14(22(28)29-4)9-17(19)13(3)26-27/h5-6,8-12,20H,7H2,1-4H3,(H,24,25). The van der Waals surface area contributed by atoms with Crippen molar-refractivity contribution < 1.29 is 9.53 Å². The number of benzene rings is 2. The van der Waals surface area contributed by atoms with Crippen LogP contribution in [0, 0.1) is 12.8 Å². The van der Waals surface area contributed by atoms with Gasteiger partial charge in [0.1, 0.15) is 0 Å². The number of carbonyl (C=O) groups is 1. The SMILES string of the molecule is COC(=O)c1ccc2c(c1)c(C)nn2C(CC(C)C)c1cc(Br)cc2cn[nH]c12. The highest BCUT2D eigenvalue weighted by atomic mass is 79.9. The molecule has 0 fully saturated rings. The number of rotatable bonds is 5. The molecule has 1 atom stereocenters. The Bertz CT molecular complexity index is 1210. The van der Waals surface area contributed by atoms with E-state index in [2.05, 4.69) is 56.8 Å². The van der Waals surface area contributed by atoms with Gasteiger partial charge < -0.3 is 4.74 Å². The molecule has 150 valence electrons. The molecule has 1 unspecified atom stereocenters. The number of hydrogen-bond acceptors (Lipinski definition) is 4. The highest BCUT2D eigenvalue weighted by Crippen LogP contribution is 2.35. The average molecular weight is 455 g/mol. The van der Waals surface area contributed by atoms with Crippen LogP contribution in [0.1, 0.15) is 47.9 Å². The fourth-order valence-corrected chi connectivity index (χ4v) is 4.39. The normalized spacial score (nSPS) is 12.8. The quantitative estimate of drug-likeness (QED) is 0.409. The summed E-state index contributed by atoms with van der Waals surface area (Å²) in [6, 6.07) is 9.83. The van der Waals surface area contributed by atoms with Crippen LogP contribution < -0.4 is 0 Å². The molecule has 4 rings (SSSR count). The van der Waals surface area contributed by atoms with Crippen molar-refractivity contribution in [1.82, 2.24) is 20.0 Å². The molecule has 29 heavy (non-hydrogen) atoms. The number of nitrogens with zero attached hydrogens (tertiary/aromatic N) is 3. The van der Waals surface area contributed by atoms with Gasteiger partial charge in [0.05, 0.1) is 41.6 Å². The van der Waals surface area contributed by atoms with E-state index < -0.39 is 0 Å². The minimum atomic E-state index is -0.344. The topological polar surface area (TPSA) is 72.8 Å². The molecule has 4 aromatic rings. The summed E-state index contributed by atoms with van der Waals surface area (Å²) in [7, 11) is 1.39. The van der Waals surface area contributed by atoms with Gasteiger partial charge in [-0.15, -0.1) is 0 Å². The van der Waals surface area contributed by atoms with Crippen molar-refractivity contribution in [3.05, 3.63) is 57.8 Å². The van der Waals surface area contributed by atoms with E-state index in [4.69, 9.17) is 9.84 Å². The minimum Gasteiger partial charge on any atom is -0.465 e. The monoisotopic (exact) mass is 454 g/mol. The maximum Gasteiger partial charge on any atom is 0.337 e. The largest absolute Gasteiger partial charge is 0.465 e. The van der Waals surface area contributed by atoms with Crippen LogP contribution >= 0.6 is 15.9 Å². The van der Waals surface area contributed by atoms with Gasteiger partial charge in [0.15, 0.2) is 0 Å². The summed E-state index contributed by atoms with van der Waals surface area (Å²) >= 11 is 3.64. The molecule has 0 bridgehead atoms. The second-order valence-corrected chi connectivity index (χ2v) is 8.64. The van der Waals surface area contributed by atoms with Crippen LogP contribution in [-0.4, -0.2) is 33.1 Å². The van der Waals surface area contributed by atoms with Gasteiger partial charge in [0, 0.05) is 20.8 Å². The smallest absolute Gasteiger partial charge is 0.337 e. The highest BCUT2D eigenvalue weighted by Gasteiger charge is 2.24. The van der Waals surface area contributed by atoms with E-state index in [1.807, 2.05) is 25.3 Å². The van der Waals surface area contributed by atoms with E-state index in [-0.39, 0.29) is 12.0 Å². The van der Waals surface area contributed by atoms with Crippen molar-refractivity contribution in [2.75, 3.05) is 7.11 Å². The number of carbonyl (C=O) groups excluding carboxylic acids is 1. The molecule has 0 radical (unpaired) electrons. The van der Waals surface area contributed by atoms with E-state index >= 15 is 0 Å².